The normalized spacial score (nSPS) is 10.7. The summed E-state index contributed by atoms with van der Waals surface area (Å²) in [6.07, 6.45) is 0.840. The molecule has 0 fully saturated rings. The molecule has 0 heterocycles. The van der Waals surface area contributed by atoms with E-state index in [-0.39, 0.29) is 5.91 Å². The Morgan fingerprint density at radius 1 is 1.44 bits per heavy atom. The molecule has 0 aliphatic rings. The van der Waals surface area contributed by atoms with Gasteiger partial charge in [-0.05, 0) is 30.5 Å². The van der Waals surface area contributed by atoms with E-state index in [0.29, 0.717) is 24.6 Å². The summed E-state index contributed by atoms with van der Waals surface area (Å²) in [7, 11) is 0. The standard InChI is InChI=1S/C14H20BrNO2/c1-11(2)10-18-8-4-7-16-14(17)12-5-3-6-13(15)9-12/h3,5-6,9,11H,4,7-8,10H2,1-2H3,(H,16,17). The summed E-state index contributed by atoms with van der Waals surface area (Å²) >= 11 is 3.35. The van der Waals surface area contributed by atoms with Gasteiger partial charge in [-0.3, -0.25) is 4.79 Å². The van der Waals surface area contributed by atoms with Gasteiger partial charge >= 0.3 is 0 Å². The van der Waals surface area contributed by atoms with Gasteiger partial charge in [0.15, 0.2) is 0 Å². The van der Waals surface area contributed by atoms with E-state index in [1.54, 1.807) is 6.07 Å². The average Bonchev–Trinajstić information content (AvgIpc) is 2.33. The van der Waals surface area contributed by atoms with E-state index < -0.39 is 0 Å². The minimum absolute atomic E-state index is 0.0415. The van der Waals surface area contributed by atoms with Crippen LogP contribution in [-0.4, -0.2) is 25.7 Å². The van der Waals surface area contributed by atoms with Gasteiger partial charge in [0, 0.05) is 29.8 Å². The highest BCUT2D eigenvalue weighted by Crippen LogP contribution is 2.11. The molecule has 18 heavy (non-hydrogen) atoms. The van der Waals surface area contributed by atoms with Crippen molar-refractivity contribution >= 4 is 21.8 Å². The van der Waals surface area contributed by atoms with Crippen LogP contribution in [0.4, 0.5) is 0 Å². The summed E-state index contributed by atoms with van der Waals surface area (Å²) in [5.74, 6) is 0.515. The van der Waals surface area contributed by atoms with Gasteiger partial charge in [0.05, 0.1) is 0 Å². The predicted octanol–water partition coefficient (Wildman–Crippen LogP) is 3.24. The van der Waals surface area contributed by atoms with Crippen LogP contribution in [0, 0.1) is 5.92 Å². The van der Waals surface area contributed by atoms with Crippen molar-refractivity contribution in [1.82, 2.24) is 5.32 Å². The zero-order chi connectivity index (χ0) is 13.4. The van der Waals surface area contributed by atoms with Crippen molar-refractivity contribution in [2.45, 2.75) is 20.3 Å². The van der Waals surface area contributed by atoms with E-state index in [4.69, 9.17) is 4.74 Å². The number of ether oxygens (including phenoxy) is 1. The van der Waals surface area contributed by atoms with Crippen LogP contribution >= 0.6 is 15.9 Å². The van der Waals surface area contributed by atoms with Crippen LogP contribution in [0.5, 0.6) is 0 Å². The molecule has 0 saturated carbocycles. The van der Waals surface area contributed by atoms with Crippen LogP contribution in [0.2, 0.25) is 0 Å². The van der Waals surface area contributed by atoms with Gasteiger partial charge in [0.1, 0.15) is 0 Å². The Balaban J connectivity index is 2.18. The van der Waals surface area contributed by atoms with E-state index in [1.807, 2.05) is 18.2 Å². The van der Waals surface area contributed by atoms with Crippen molar-refractivity contribution in [2.75, 3.05) is 19.8 Å². The number of benzene rings is 1. The largest absolute Gasteiger partial charge is 0.381 e. The molecule has 0 aliphatic carbocycles. The molecule has 1 aromatic rings. The molecule has 100 valence electrons. The fourth-order valence-corrected chi connectivity index (χ4v) is 1.83. The van der Waals surface area contributed by atoms with Crippen LogP contribution in [0.15, 0.2) is 28.7 Å². The van der Waals surface area contributed by atoms with E-state index in [0.717, 1.165) is 17.5 Å². The van der Waals surface area contributed by atoms with E-state index in [2.05, 4.69) is 35.1 Å². The molecule has 0 atom stereocenters. The third kappa shape index (κ3) is 6.17. The van der Waals surface area contributed by atoms with E-state index in [9.17, 15) is 4.79 Å². The van der Waals surface area contributed by atoms with Crippen LogP contribution in [-0.2, 0) is 4.74 Å². The maximum absolute atomic E-state index is 11.8. The first kappa shape index (κ1) is 15.2. The molecule has 0 aliphatic heterocycles. The number of amides is 1. The molecule has 1 rings (SSSR count). The van der Waals surface area contributed by atoms with E-state index in [1.165, 1.54) is 0 Å². The lowest BCUT2D eigenvalue weighted by Crippen LogP contribution is -2.25. The second-order valence-electron chi connectivity index (χ2n) is 4.59. The Morgan fingerprint density at radius 2 is 2.22 bits per heavy atom. The maximum atomic E-state index is 11.8. The molecule has 3 nitrogen and oxygen atoms in total. The number of halogens is 1. The summed E-state index contributed by atoms with van der Waals surface area (Å²) < 4.78 is 6.36. The number of hydrogen-bond acceptors (Lipinski definition) is 2. The van der Waals surface area contributed by atoms with Crippen LogP contribution in [0.25, 0.3) is 0 Å². The fraction of sp³-hybridized carbons (Fsp3) is 0.500. The Labute approximate surface area is 117 Å². The van der Waals surface area contributed by atoms with Crippen LogP contribution < -0.4 is 5.32 Å². The van der Waals surface area contributed by atoms with Crippen LogP contribution in [0.3, 0.4) is 0 Å². The Bertz CT molecular complexity index is 380. The van der Waals surface area contributed by atoms with Gasteiger partial charge in [0.2, 0.25) is 0 Å². The molecule has 0 unspecified atom stereocenters. The second-order valence-corrected chi connectivity index (χ2v) is 5.50. The van der Waals surface area contributed by atoms with Crippen molar-refractivity contribution in [3.05, 3.63) is 34.3 Å². The van der Waals surface area contributed by atoms with Crippen molar-refractivity contribution < 1.29 is 9.53 Å². The molecule has 0 spiro atoms. The molecule has 4 heteroatoms. The zero-order valence-electron chi connectivity index (χ0n) is 10.9. The fourth-order valence-electron chi connectivity index (χ4n) is 1.43. The monoisotopic (exact) mass is 313 g/mol. The molecular formula is C14H20BrNO2. The quantitative estimate of drug-likeness (QED) is 0.785. The van der Waals surface area contributed by atoms with Gasteiger partial charge in [-0.2, -0.15) is 0 Å². The van der Waals surface area contributed by atoms with Crippen molar-refractivity contribution in [3.8, 4) is 0 Å². The Hall–Kier alpha value is -0.870. The van der Waals surface area contributed by atoms with Gasteiger partial charge in [0.25, 0.3) is 5.91 Å². The topological polar surface area (TPSA) is 38.3 Å². The molecule has 1 aromatic carbocycles. The minimum Gasteiger partial charge on any atom is -0.381 e. The molecule has 1 N–H and O–H groups in total. The maximum Gasteiger partial charge on any atom is 0.251 e. The first-order valence-corrected chi connectivity index (χ1v) is 7.00. The minimum atomic E-state index is -0.0415. The molecule has 0 bridgehead atoms. The molecule has 0 radical (unpaired) electrons. The summed E-state index contributed by atoms with van der Waals surface area (Å²) in [4.78, 5) is 11.8. The highest BCUT2D eigenvalue weighted by atomic mass is 79.9. The number of carbonyl (C=O) groups excluding carboxylic acids is 1. The lowest BCUT2D eigenvalue weighted by molar-refractivity contribution is 0.0925. The average molecular weight is 314 g/mol. The first-order chi connectivity index (χ1) is 8.59. The number of rotatable bonds is 7. The van der Waals surface area contributed by atoms with Gasteiger partial charge in [-0.1, -0.05) is 35.8 Å². The van der Waals surface area contributed by atoms with Crippen LogP contribution in [0.1, 0.15) is 30.6 Å². The lowest BCUT2D eigenvalue weighted by atomic mass is 10.2. The first-order valence-electron chi connectivity index (χ1n) is 6.21. The number of carbonyl (C=O) groups is 1. The lowest BCUT2D eigenvalue weighted by Gasteiger charge is -2.08. The molecular weight excluding hydrogens is 294 g/mol. The highest BCUT2D eigenvalue weighted by molar-refractivity contribution is 9.10. The summed E-state index contributed by atoms with van der Waals surface area (Å²) in [5.41, 5.74) is 0.674. The zero-order valence-corrected chi connectivity index (χ0v) is 12.5. The SMILES string of the molecule is CC(C)COCCCNC(=O)c1cccc(Br)c1. The van der Waals surface area contributed by atoms with E-state index >= 15 is 0 Å². The van der Waals surface area contributed by atoms with Gasteiger partial charge in [-0.15, -0.1) is 0 Å². The smallest absolute Gasteiger partial charge is 0.251 e. The van der Waals surface area contributed by atoms with Gasteiger partial charge < -0.3 is 10.1 Å². The third-order valence-electron chi connectivity index (χ3n) is 2.29. The molecule has 0 aromatic heterocycles. The van der Waals surface area contributed by atoms with Gasteiger partial charge in [-0.25, -0.2) is 0 Å². The van der Waals surface area contributed by atoms with Crippen molar-refractivity contribution in [1.29, 1.82) is 0 Å². The molecule has 0 saturated heterocycles. The predicted molar refractivity (Wildman–Crippen MR) is 76.7 cm³/mol. The Kier molecular flexibility index (Phi) is 6.98. The van der Waals surface area contributed by atoms with Crippen molar-refractivity contribution in [3.63, 3.8) is 0 Å². The number of hydrogen-bond donors (Lipinski definition) is 1. The third-order valence-corrected chi connectivity index (χ3v) is 2.78. The summed E-state index contributed by atoms with van der Waals surface area (Å²) in [6.45, 7) is 6.35. The molecule has 1 amide bonds. The highest BCUT2D eigenvalue weighted by Gasteiger charge is 2.04. The second kappa shape index (κ2) is 8.27. The van der Waals surface area contributed by atoms with Crippen molar-refractivity contribution in [2.24, 2.45) is 5.92 Å². The number of nitrogens with one attached hydrogen (secondary N) is 1. The Morgan fingerprint density at radius 3 is 2.89 bits per heavy atom. The summed E-state index contributed by atoms with van der Waals surface area (Å²) in [5, 5.41) is 2.87. The summed E-state index contributed by atoms with van der Waals surface area (Å²) in [6, 6.07) is 7.36.